The predicted molar refractivity (Wildman–Crippen MR) is 103 cm³/mol. The van der Waals surface area contributed by atoms with E-state index < -0.39 is 5.97 Å². The van der Waals surface area contributed by atoms with E-state index in [2.05, 4.69) is 5.32 Å². The van der Waals surface area contributed by atoms with Gasteiger partial charge in [0.25, 0.3) is 0 Å². The molecule has 1 atom stereocenters. The molecule has 8 heteroatoms. The monoisotopic (exact) mass is 387 g/mol. The second-order valence-corrected chi connectivity index (χ2v) is 6.82. The molecule has 150 valence electrons. The Morgan fingerprint density at radius 1 is 1.25 bits per heavy atom. The van der Waals surface area contributed by atoms with Crippen molar-refractivity contribution in [3.8, 4) is 11.3 Å². The molecular weight excluding hydrogens is 362 g/mol. The van der Waals surface area contributed by atoms with Crippen LogP contribution in [0.1, 0.15) is 5.76 Å². The smallest absolute Gasteiger partial charge is 0.317 e. The first-order valence-corrected chi connectivity index (χ1v) is 9.20. The number of rotatable bonds is 7. The number of carboxylic acid groups (broad SMARTS) is 1. The predicted octanol–water partition coefficient (Wildman–Crippen LogP) is 1.87. The van der Waals surface area contributed by atoms with Crippen molar-refractivity contribution >= 4 is 12.0 Å². The Morgan fingerprint density at radius 3 is 2.79 bits per heavy atom. The van der Waals surface area contributed by atoms with Gasteiger partial charge in [-0.1, -0.05) is 30.3 Å². The lowest BCUT2D eigenvalue weighted by Gasteiger charge is -2.34. The maximum Gasteiger partial charge on any atom is 0.317 e. The molecule has 2 N–H and O–H groups in total. The third-order valence-corrected chi connectivity index (χ3v) is 4.48. The quantitative estimate of drug-likeness (QED) is 0.753. The van der Waals surface area contributed by atoms with E-state index in [-0.39, 0.29) is 18.7 Å². The van der Waals surface area contributed by atoms with Gasteiger partial charge < -0.3 is 24.5 Å². The number of furan rings is 1. The molecule has 28 heavy (non-hydrogen) atoms. The third-order valence-electron chi connectivity index (χ3n) is 4.48. The standard InChI is InChI=1S/C20H25N3O5/c1-22(14-19(24)25)12-17-13-23(9-10-27-17)20(26)21-11-16-7-8-18(28-16)15-5-3-2-4-6-15/h2-8,17H,9-14H2,1H3,(H,21,26)(H,24,25). The number of aliphatic carboxylic acids is 1. The van der Waals surface area contributed by atoms with Crippen LogP contribution in [0, 0.1) is 0 Å². The molecule has 1 aromatic carbocycles. The fraction of sp³-hybridized carbons (Fsp3) is 0.400. The number of likely N-dealkylation sites (N-methyl/N-ethyl adjacent to an activating group) is 1. The van der Waals surface area contributed by atoms with Crippen LogP contribution >= 0.6 is 0 Å². The van der Waals surface area contributed by atoms with Gasteiger partial charge in [-0.15, -0.1) is 0 Å². The van der Waals surface area contributed by atoms with Crippen molar-refractivity contribution in [3.63, 3.8) is 0 Å². The number of nitrogens with one attached hydrogen (secondary N) is 1. The molecule has 1 aliphatic heterocycles. The van der Waals surface area contributed by atoms with Crippen LogP contribution in [0.2, 0.25) is 0 Å². The molecule has 1 unspecified atom stereocenters. The van der Waals surface area contributed by atoms with E-state index in [4.69, 9.17) is 14.3 Å². The van der Waals surface area contributed by atoms with Crippen LogP contribution in [0.5, 0.6) is 0 Å². The molecule has 1 aliphatic rings. The molecule has 1 fully saturated rings. The van der Waals surface area contributed by atoms with Crippen molar-refractivity contribution < 1.29 is 23.8 Å². The average Bonchev–Trinajstić information content (AvgIpc) is 3.15. The van der Waals surface area contributed by atoms with E-state index in [1.807, 2.05) is 42.5 Å². The van der Waals surface area contributed by atoms with Crippen LogP contribution in [0.15, 0.2) is 46.9 Å². The van der Waals surface area contributed by atoms with Gasteiger partial charge in [0.15, 0.2) is 0 Å². The van der Waals surface area contributed by atoms with Crippen LogP contribution < -0.4 is 5.32 Å². The number of carbonyl (C=O) groups is 2. The highest BCUT2D eigenvalue weighted by molar-refractivity contribution is 5.74. The molecule has 2 heterocycles. The SMILES string of the molecule is CN(CC(=O)O)CC1CN(C(=O)NCc2ccc(-c3ccccc3)o2)CCO1. The summed E-state index contributed by atoms with van der Waals surface area (Å²) in [6.45, 7) is 2.04. The van der Waals surface area contributed by atoms with E-state index in [0.29, 0.717) is 38.5 Å². The van der Waals surface area contributed by atoms with Crippen LogP contribution in [0.25, 0.3) is 11.3 Å². The number of hydrogen-bond donors (Lipinski definition) is 2. The van der Waals surface area contributed by atoms with Gasteiger partial charge in [-0.25, -0.2) is 4.79 Å². The van der Waals surface area contributed by atoms with Crippen molar-refractivity contribution in [1.29, 1.82) is 0 Å². The molecule has 0 spiro atoms. The minimum absolute atomic E-state index is 0.0612. The van der Waals surface area contributed by atoms with E-state index in [9.17, 15) is 9.59 Å². The molecule has 0 aliphatic carbocycles. The van der Waals surface area contributed by atoms with E-state index in [1.165, 1.54) is 0 Å². The van der Waals surface area contributed by atoms with Gasteiger partial charge >= 0.3 is 12.0 Å². The minimum Gasteiger partial charge on any atom is -0.480 e. The average molecular weight is 387 g/mol. The minimum atomic E-state index is -0.888. The topological polar surface area (TPSA) is 95.3 Å². The van der Waals surface area contributed by atoms with E-state index in [0.717, 1.165) is 11.3 Å². The number of carbonyl (C=O) groups excluding carboxylic acids is 1. The van der Waals surface area contributed by atoms with Crippen molar-refractivity contribution in [2.24, 2.45) is 0 Å². The summed E-state index contributed by atoms with van der Waals surface area (Å²) in [4.78, 5) is 26.6. The van der Waals surface area contributed by atoms with Gasteiger partial charge in [-0.2, -0.15) is 0 Å². The third kappa shape index (κ3) is 5.58. The molecule has 0 bridgehead atoms. The van der Waals surface area contributed by atoms with Crippen molar-refractivity contribution in [1.82, 2.24) is 15.1 Å². The largest absolute Gasteiger partial charge is 0.480 e. The molecule has 2 amide bonds. The molecule has 0 radical (unpaired) electrons. The lowest BCUT2D eigenvalue weighted by Crippen LogP contribution is -2.52. The second-order valence-electron chi connectivity index (χ2n) is 6.82. The summed E-state index contributed by atoms with van der Waals surface area (Å²) in [5.41, 5.74) is 0.988. The Morgan fingerprint density at radius 2 is 2.04 bits per heavy atom. The van der Waals surface area contributed by atoms with Crippen molar-refractivity contribution in [2.45, 2.75) is 12.6 Å². The first-order valence-electron chi connectivity index (χ1n) is 9.20. The number of urea groups is 1. The Bertz CT molecular complexity index is 792. The Balaban J connectivity index is 1.48. The Labute approximate surface area is 163 Å². The first-order chi connectivity index (χ1) is 13.5. The lowest BCUT2D eigenvalue weighted by molar-refractivity contribution is -0.138. The summed E-state index contributed by atoms with van der Waals surface area (Å²) in [7, 11) is 1.72. The summed E-state index contributed by atoms with van der Waals surface area (Å²) < 4.78 is 11.4. The first kappa shape index (κ1) is 19.9. The number of morpholine rings is 1. The number of nitrogens with zero attached hydrogens (tertiary/aromatic N) is 2. The molecule has 0 saturated carbocycles. The zero-order valence-electron chi connectivity index (χ0n) is 15.8. The highest BCUT2D eigenvalue weighted by Gasteiger charge is 2.25. The van der Waals surface area contributed by atoms with Gasteiger partial charge in [0.05, 0.1) is 25.8 Å². The highest BCUT2D eigenvalue weighted by atomic mass is 16.5. The zero-order valence-corrected chi connectivity index (χ0v) is 15.8. The fourth-order valence-electron chi connectivity index (χ4n) is 3.16. The van der Waals surface area contributed by atoms with Gasteiger partial charge in [-0.3, -0.25) is 9.69 Å². The Kier molecular flexibility index (Phi) is 6.67. The van der Waals surface area contributed by atoms with Crippen LogP contribution in [-0.2, 0) is 16.1 Å². The maximum atomic E-state index is 12.5. The van der Waals surface area contributed by atoms with Gasteiger partial charge in [0, 0.05) is 25.2 Å². The second kappa shape index (κ2) is 9.38. The van der Waals surface area contributed by atoms with Gasteiger partial charge in [0.1, 0.15) is 11.5 Å². The zero-order chi connectivity index (χ0) is 19.9. The normalized spacial score (nSPS) is 16.9. The number of ether oxygens (including phenoxy) is 1. The fourth-order valence-corrected chi connectivity index (χ4v) is 3.16. The lowest BCUT2D eigenvalue weighted by atomic mass is 10.2. The summed E-state index contributed by atoms with van der Waals surface area (Å²) in [5.74, 6) is 0.553. The maximum absolute atomic E-state index is 12.5. The number of benzene rings is 1. The Hall–Kier alpha value is -2.84. The van der Waals surface area contributed by atoms with Gasteiger partial charge in [-0.05, 0) is 19.2 Å². The molecule has 1 saturated heterocycles. The number of carboxylic acids is 1. The van der Waals surface area contributed by atoms with Crippen LogP contribution in [0.4, 0.5) is 4.79 Å². The molecular formula is C20H25N3O5. The van der Waals surface area contributed by atoms with E-state index >= 15 is 0 Å². The molecule has 1 aromatic heterocycles. The molecule has 2 aromatic rings. The van der Waals surface area contributed by atoms with Crippen molar-refractivity contribution in [2.75, 3.05) is 39.8 Å². The van der Waals surface area contributed by atoms with Crippen LogP contribution in [0.3, 0.4) is 0 Å². The summed E-state index contributed by atoms with van der Waals surface area (Å²) in [6, 6.07) is 13.3. The number of amides is 2. The molecule has 3 rings (SSSR count). The summed E-state index contributed by atoms with van der Waals surface area (Å²) in [5, 5.41) is 11.7. The van der Waals surface area contributed by atoms with Gasteiger partial charge in [0.2, 0.25) is 0 Å². The van der Waals surface area contributed by atoms with Crippen molar-refractivity contribution in [3.05, 3.63) is 48.2 Å². The van der Waals surface area contributed by atoms with Crippen LogP contribution in [-0.4, -0.2) is 72.8 Å². The summed E-state index contributed by atoms with van der Waals surface area (Å²) >= 11 is 0. The summed E-state index contributed by atoms with van der Waals surface area (Å²) in [6.07, 6.45) is -0.211. The number of hydrogen-bond acceptors (Lipinski definition) is 5. The molecule has 8 nitrogen and oxygen atoms in total. The highest BCUT2D eigenvalue weighted by Crippen LogP contribution is 2.21. The van der Waals surface area contributed by atoms with E-state index in [1.54, 1.807) is 16.8 Å².